The van der Waals surface area contributed by atoms with Crippen molar-refractivity contribution in [1.29, 1.82) is 0 Å². The summed E-state index contributed by atoms with van der Waals surface area (Å²) in [6.07, 6.45) is 3.34. The van der Waals surface area contributed by atoms with Crippen molar-refractivity contribution < 1.29 is 9.90 Å². The number of amides is 1. The smallest absolute Gasteiger partial charge is 0.261 e. The van der Waals surface area contributed by atoms with Crippen molar-refractivity contribution in [2.75, 3.05) is 6.61 Å². The van der Waals surface area contributed by atoms with Crippen molar-refractivity contribution >= 4 is 17.2 Å². The molecule has 0 aromatic carbocycles. The quantitative estimate of drug-likeness (QED) is 0.713. The highest BCUT2D eigenvalue weighted by molar-refractivity contribution is 7.14. The van der Waals surface area contributed by atoms with E-state index in [2.05, 4.69) is 27.1 Å². The van der Waals surface area contributed by atoms with Crippen molar-refractivity contribution in [3.63, 3.8) is 0 Å². The minimum atomic E-state index is -0.183. The maximum absolute atomic E-state index is 11.8. The highest BCUT2D eigenvalue weighted by Gasteiger charge is 2.08. The fraction of sp³-hybridized carbons (Fsp3) is 0.167. The van der Waals surface area contributed by atoms with Gasteiger partial charge in [-0.25, -0.2) is 4.98 Å². The summed E-state index contributed by atoms with van der Waals surface area (Å²) >= 11 is 1.29. The maximum atomic E-state index is 11.8. The zero-order valence-corrected chi connectivity index (χ0v) is 10.3. The summed E-state index contributed by atoms with van der Waals surface area (Å²) in [5.74, 6) is 5.85. The monoisotopic (exact) mass is 261 g/mol. The van der Waals surface area contributed by atoms with E-state index in [1.807, 2.05) is 0 Å². The summed E-state index contributed by atoms with van der Waals surface area (Å²) < 4.78 is 0. The van der Waals surface area contributed by atoms with E-state index in [-0.39, 0.29) is 12.5 Å². The van der Waals surface area contributed by atoms with Gasteiger partial charge in [0.15, 0.2) is 0 Å². The summed E-state index contributed by atoms with van der Waals surface area (Å²) in [4.78, 5) is 20.0. The Labute approximate surface area is 108 Å². The van der Waals surface area contributed by atoms with Crippen LogP contribution in [0.1, 0.15) is 20.4 Å². The van der Waals surface area contributed by atoms with Crippen LogP contribution in [0.25, 0.3) is 0 Å². The normalized spacial score (nSPS) is 9.61. The minimum absolute atomic E-state index is 0.159. The number of hydrogen-bond acceptors (Lipinski definition) is 4. The molecular weight excluding hydrogens is 250 g/mol. The van der Waals surface area contributed by atoms with E-state index < -0.39 is 0 Å². The highest BCUT2D eigenvalue weighted by Crippen LogP contribution is 2.15. The molecule has 0 fully saturated rings. The van der Waals surface area contributed by atoms with Gasteiger partial charge in [0, 0.05) is 12.4 Å². The molecule has 0 radical (unpaired) electrons. The molecule has 0 aliphatic heterocycles. The Morgan fingerprint density at radius 2 is 2.44 bits per heavy atom. The van der Waals surface area contributed by atoms with Crippen LogP contribution >= 0.6 is 11.3 Å². The molecule has 5 nitrogen and oxygen atoms in total. The number of H-pyrrole nitrogens is 1. The first-order valence-electron chi connectivity index (χ1n) is 5.25. The van der Waals surface area contributed by atoms with Crippen molar-refractivity contribution in [2.24, 2.45) is 0 Å². The Hall–Kier alpha value is -2.10. The zero-order valence-electron chi connectivity index (χ0n) is 9.43. The molecule has 0 aliphatic carbocycles. The van der Waals surface area contributed by atoms with E-state index in [4.69, 9.17) is 5.11 Å². The number of aromatic nitrogens is 2. The van der Waals surface area contributed by atoms with Gasteiger partial charge >= 0.3 is 0 Å². The Morgan fingerprint density at radius 3 is 3.17 bits per heavy atom. The van der Waals surface area contributed by atoms with E-state index in [0.717, 1.165) is 4.88 Å². The van der Waals surface area contributed by atoms with Gasteiger partial charge < -0.3 is 15.4 Å². The summed E-state index contributed by atoms with van der Waals surface area (Å²) in [6, 6.07) is 3.47. The van der Waals surface area contributed by atoms with Crippen LogP contribution in [0, 0.1) is 11.8 Å². The summed E-state index contributed by atoms with van der Waals surface area (Å²) in [5.41, 5.74) is 0. The molecule has 18 heavy (non-hydrogen) atoms. The van der Waals surface area contributed by atoms with Crippen molar-refractivity contribution in [2.45, 2.75) is 6.54 Å². The lowest BCUT2D eigenvalue weighted by atomic mass is 10.4. The standard InChI is InChI=1S/C12H11N3O2S/c16-7-1-2-9-3-4-10(18-9)12(17)15-8-11-13-5-6-14-11/h3-6,16H,7-8H2,(H,13,14)(H,15,17). The minimum Gasteiger partial charge on any atom is -0.384 e. The first kappa shape index (κ1) is 12.4. The van der Waals surface area contributed by atoms with Crippen molar-refractivity contribution in [3.05, 3.63) is 40.1 Å². The number of rotatable bonds is 3. The van der Waals surface area contributed by atoms with Crippen LogP contribution in [0.15, 0.2) is 24.5 Å². The third-order valence-corrected chi connectivity index (χ3v) is 3.09. The number of nitrogens with one attached hydrogen (secondary N) is 2. The number of hydrogen-bond donors (Lipinski definition) is 3. The lowest BCUT2D eigenvalue weighted by Crippen LogP contribution is -2.22. The van der Waals surface area contributed by atoms with Crippen molar-refractivity contribution in [1.82, 2.24) is 15.3 Å². The van der Waals surface area contributed by atoms with E-state index in [1.54, 1.807) is 24.5 Å². The Bertz CT molecular complexity index is 578. The molecule has 0 atom stereocenters. The number of nitrogens with zero attached hydrogens (tertiary/aromatic N) is 1. The molecule has 2 aromatic heterocycles. The van der Waals surface area contributed by atoms with Crippen LogP contribution in [0.5, 0.6) is 0 Å². The number of aliphatic hydroxyl groups is 1. The number of carbonyl (C=O) groups excluding carboxylic acids is 1. The predicted octanol–water partition coefficient (Wildman–Crippen LogP) is 0.745. The Morgan fingerprint density at radius 1 is 1.56 bits per heavy atom. The first-order chi connectivity index (χ1) is 8.79. The lowest BCUT2D eigenvalue weighted by molar-refractivity contribution is 0.0954. The highest BCUT2D eigenvalue weighted by atomic mass is 32.1. The summed E-state index contributed by atoms with van der Waals surface area (Å²) in [7, 11) is 0. The van der Waals surface area contributed by atoms with Crippen LogP contribution in [0.2, 0.25) is 0 Å². The van der Waals surface area contributed by atoms with Gasteiger partial charge in [-0.15, -0.1) is 11.3 Å². The maximum Gasteiger partial charge on any atom is 0.261 e. The zero-order chi connectivity index (χ0) is 12.8. The number of thiophene rings is 1. The van der Waals surface area contributed by atoms with Gasteiger partial charge in [-0.2, -0.15) is 0 Å². The molecule has 0 aliphatic rings. The molecule has 2 heterocycles. The second-order valence-electron chi connectivity index (χ2n) is 3.34. The number of aliphatic hydroxyl groups excluding tert-OH is 1. The Kier molecular flexibility index (Phi) is 4.12. The number of carbonyl (C=O) groups is 1. The molecular formula is C12H11N3O2S. The van der Waals surface area contributed by atoms with Crippen LogP contribution in [0.4, 0.5) is 0 Å². The van der Waals surface area contributed by atoms with Gasteiger partial charge in [0.25, 0.3) is 5.91 Å². The van der Waals surface area contributed by atoms with Gasteiger partial charge in [-0.1, -0.05) is 11.8 Å². The first-order valence-corrected chi connectivity index (χ1v) is 6.07. The molecule has 3 N–H and O–H groups in total. The Balaban J connectivity index is 1.94. The molecule has 6 heteroatoms. The van der Waals surface area contributed by atoms with E-state index >= 15 is 0 Å². The topological polar surface area (TPSA) is 78.0 Å². The van der Waals surface area contributed by atoms with Crippen LogP contribution < -0.4 is 5.32 Å². The van der Waals surface area contributed by atoms with Crippen LogP contribution in [-0.2, 0) is 6.54 Å². The summed E-state index contributed by atoms with van der Waals surface area (Å²) in [6.45, 7) is 0.180. The molecule has 92 valence electrons. The van der Waals surface area contributed by atoms with Gasteiger partial charge in [-0.3, -0.25) is 4.79 Å². The predicted molar refractivity (Wildman–Crippen MR) is 68.0 cm³/mol. The fourth-order valence-electron chi connectivity index (χ4n) is 1.30. The molecule has 2 aromatic rings. The van der Waals surface area contributed by atoms with Crippen LogP contribution in [-0.4, -0.2) is 27.6 Å². The van der Waals surface area contributed by atoms with Gasteiger partial charge in [0.2, 0.25) is 0 Å². The third kappa shape index (κ3) is 3.20. The SMILES string of the molecule is O=C(NCc1ncc[nH]1)c1ccc(C#CCO)s1. The number of imidazole rings is 1. The van der Waals surface area contributed by atoms with E-state index in [9.17, 15) is 4.79 Å². The molecule has 0 unspecified atom stereocenters. The van der Waals surface area contributed by atoms with E-state index in [1.165, 1.54) is 11.3 Å². The average Bonchev–Trinajstić information content (AvgIpc) is 3.04. The molecule has 0 saturated carbocycles. The lowest BCUT2D eigenvalue weighted by Gasteiger charge is -1.99. The average molecular weight is 261 g/mol. The number of aromatic amines is 1. The van der Waals surface area contributed by atoms with Gasteiger partial charge in [0.1, 0.15) is 12.4 Å². The largest absolute Gasteiger partial charge is 0.384 e. The van der Waals surface area contributed by atoms with Gasteiger partial charge in [0.05, 0.1) is 16.3 Å². The molecule has 0 bridgehead atoms. The second-order valence-corrected chi connectivity index (χ2v) is 4.43. The molecule has 0 spiro atoms. The molecule has 2 rings (SSSR count). The van der Waals surface area contributed by atoms with Crippen molar-refractivity contribution in [3.8, 4) is 11.8 Å². The molecule has 1 amide bonds. The molecule has 0 saturated heterocycles. The van der Waals surface area contributed by atoms with Crippen LogP contribution in [0.3, 0.4) is 0 Å². The van der Waals surface area contributed by atoms with E-state index in [0.29, 0.717) is 17.2 Å². The third-order valence-electron chi connectivity index (χ3n) is 2.09. The second kappa shape index (κ2) is 6.00. The summed E-state index contributed by atoms with van der Waals surface area (Å²) in [5, 5.41) is 11.3. The fourth-order valence-corrected chi connectivity index (χ4v) is 2.10. The van der Waals surface area contributed by atoms with Gasteiger partial charge in [-0.05, 0) is 12.1 Å².